The van der Waals surface area contributed by atoms with E-state index in [9.17, 15) is 9.59 Å². The first-order chi connectivity index (χ1) is 10.6. The summed E-state index contributed by atoms with van der Waals surface area (Å²) in [5.41, 5.74) is 1.82. The molecule has 0 unspecified atom stereocenters. The van der Waals surface area contributed by atoms with Crippen molar-refractivity contribution in [3.05, 3.63) is 24.3 Å². The highest BCUT2D eigenvalue weighted by molar-refractivity contribution is 7.99. The highest BCUT2D eigenvalue weighted by Crippen LogP contribution is 2.18. The van der Waals surface area contributed by atoms with Crippen LogP contribution in [0.4, 0.5) is 0 Å². The van der Waals surface area contributed by atoms with Crippen LogP contribution in [0.25, 0.3) is 11.0 Å². The van der Waals surface area contributed by atoms with E-state index in [-0.39, 0.29) is 17.6 Å². The van der Waals surface area contributed by atoms with Gasteiger partial charge in [-0.2, -0.15) is 0 Å². The van der Waals surface area contributed by atoms with Crippen molar-refractivity contribution < 1.29 is 9.59 Å². The molecule has 1 heterocycles. The second-order valence-electron chi connectivity index (χ2n) is 4.93. The van der Waals surface area contributed by atoms with Crippen molar-refractivity contribution in [1.82, 2.24) is 20.6 Å². The van der Waals surface area contributed by atoms with Gasteiger partial charge in [-0.05, 0) is 25.5 Å². The fourth-order valence-corrected chi connectivity index (χ4v) is 2.58. The smallest absolute Gasteiger partial charge is 0.242 e. The Balaban J connectivity index is 1.81. The van der Waals surface area contributed by atoms with E-state index in [4.69, 9.17) is 0 Å². The first-order valence-electron chi connectivity index (χ1n) is 7.24. The molecule has 1 aromatic heterocycles. The van der Waals surface area contributed by atoms with Crippen molar-refractivity contribution in [3.8, 4) is 0 Å². The van der Waals surface area contributed by atoms with E-state index >= 15 is 0 Å². The van der Waals surface area contributed by atoms with Gasteiger partial charge in [-0.25, -0.2) is 4.98 Å². The molecule has 0 saturated heterocycles. The zero-order valence-electron chi connectivity index (χ0n) is 12.7. The van der Waals surface area contributed by atoms with Crippen molar-refractivity contribution in [1.29, 1.82) is 0 Å². The number of hydrogen-bond donors (Lipinski definition) is 3. The molecule has 2 rings (SSSR count). The van der Waals surface area contributed by atoms with E-state index in [1.165, 1.54) is 11.8 Å². The van der Waals surface area contributed by atoms with Crippen LogP contribution in [0.5, 0.6) is 0 Å². The summed E-state index contributed by atoms with van der Waals surface area (Å²) in [7, 11) is 0. The fourth-order valence-electron chi connectivity index (χ4n) is 1.88. The number of aromatic nitrogens is 2. The van der Waals surface area contributed by atoms with E-state index in [1.807, 2.05) is 31.2 Å². The minimum atomic E-state index is -0.532. The van der Waals surface area contributed by atoms with Crippen molar-refractivity contribution in [2.75, 3.05) is 12.3 Å². The highest BCUT2D eigenvalue weighted by atomic mass is 32.2. The molecular formula is C15H20N4O2S. The molecule has 0 radical (unpaired) electrons. The van der Waals surface area contributed by atoms with Gasteiger partial charge in [-0.15, -0.1) is 0 Å². The Bertz CT molecular complexity index is 623. The SMILES string of the molecule is CCCNC(=O)[C@H](C)NC(=O)CSc1nc2ccccc2[nH]1. The number of H-pyrrole nitrogens is 1. The molecule has 1 aromatic carbocycles. The Hall–Kier alpha value is -2.02. The Morgan fingerprint density at radius 3 is 2.86 bits per heavy atom. The zero-order chi connectivity index (χ0) is 15.9. The Labute approximate surface area is 133 Å². The predicted molar refractivity (Wildman–Crippen MR) is 87.7 cm³/mol. The molecule has 22 heavy (non-hydrogen) atoms. The molecule has 0 aliphatic heterocycles. The number of carbonyl (C=O) groups is 2. The van der Waals surface area contributed by atoms with E-state index in [0.29, 0.717) is 11.7 Å². The minimum Gasteiger partial charge on any atom is -0.354 e. The topological polar surface area (TPSA) is 86.9 Å². The fraction of sp³-hybridized carbons (Fsp3) is 0.400. The molecule has 0 saturated carbocycles. The van der Waals surface area contributed by atoms with Gasteiger partial charge in [0.15, 0.2) is 5.16 Å². The maximum absolute atomic E-state index is 11.9. The third-order valence-electron chi connectivity index (χ3n) is 3.03. The third kappa shape index (κ3) is 4.49. The van der Waals surface area contributed by atoms with Crippen LogP contribution >= 0.6 is 11.8 Å². The number of nitrogens with zero attached hydrogens (tertiary/aromatic N) is 1. The van der Waals surface area contributed by atoms with Crippen molar-refractivity contribution in [2.45, 2.75) is 31.5 Å². The summed E-state index contributed by atoms with van der Waals surface area (Å²) < 4.78 is 0. The number of rotatable bonds is 7. The Kier molecular flexibility index (Phi) is 5.83. The lowest BCUT2D eigenvalue weighted by Crippen LogP contribution is -2.45. The summed E-state index contributed by atoms with van der Waals surface area (Å²) in [5.74, 6) is -0.140. The van der Waals surface area contributed by atoms with Crippen LogP contribution in [0.1, 0.15) is 20.3 Å². The maximum Gasteiger partial charge on any atom is 0.242 e. The molecule has 3 N–H and O–H groups in total. The van der Waals surface area contributed by atoms with Crippen molar-refractivity contribution in [3.63, 3.8) is 0 Å². The lowest BCUT2D eigenvalue weighted by molar-refractivity contribution is -0.127. The van der Waals surface area contributed by atoms with Crippen LogP contribution in [0.15, 0.2) is 29.4 Å². The lowest BCUT2D eigenvalue weighted by Gasteiger charge is -2.13. The summed E-state index contributed by atoms with van der Waals surface area (Å²) >= 11 is 1.32. The van der Waals surface area contributed by atoms with Crippen LogP contribution in [-0.4, -0.2) is 40.1 Å². The van der Waals surface area contributed by atoms with E-state index in [1.54, 1.807) is 6.92 Å². The molecule has 0 aliphatic rings. The number of hydrogen-bond acceptors (Lipinski definition) is 4. The number of fused-ring (bicyclic) bond motifs is 1. The van der Waals surface area contributed by atoms with Crippen LogP contribution in [-0.2, 0) is 9.59 Å². The molecule has 2 aromatic rings. The van der Waals surface area contributed by atoms with Crippen molar-refractivity contribution in [2.24, 2.45) is 0 Å². The monoisotopic (exact) mass is 320 g/mol. The average molecular weight is 320 g/mol. The van der Waals surface area contributed by atoms with Gasteiger partial charge < -0.3 is 15.6 Å². The average Bonchev–Trinajstić information content (AvgIpc) is 2.93. The molecule has 0 spiro atoms. The largest absolute Gasteiger partial charge is 0.354 e. The molecule has 118 valence electrons. The standard InChI is InChI=1S/C15H20N4O2S/c1-3-8-16-14(21)10(2)17-13(20)9-22-15-18-11-6-4-5-7-12(11)19-15/h4-7,10H,3,8-9H2,1-2H3,(H,16,21)(H,17,20)(H,18,19)/t10-/m0/s1. The van der Waals surface area contributed by atoms with Gasteiger partial charge in [-0.1, -0.05) is 30.8 Å². The molecule has 7 heteroatoms. The number of carbonyl (C=O) groups excluding carboxylic acids is 2. The molecule has 1 atom stereocenters. The van der Waals surface area contributed by atoms with E-state index in [2.05, 4.69) is 20.6 Å². The number of amides is 2. The number of thioether (sulfide) groups is 1. The predicted octanol–water partition coefficient (Wildman–Crippen LogP) is 1.69. The lowest BCUT2D eigenvalue weighted by atomic mass is 10.3. The number of benzene rings is 1. The summed E-state index contributed by atoms with van der Waals surface area (Å²) in [6.07, 6.45) is 0.869. The van der Waals surface area contributed by atoms with Crippen LogP contribution in [0.3, 0.4) is 0 Å². The van der Waals surface area contributed by atoms with Gasteiger partial charge in [0.2, 0.25) is 11.8 Å². The first kappa shape index (κ1) is 16.4. The van der Waals surface area contributed by atoms with Crippen LogP contribution in [0.2, 0.25) is 0 Å². The zero-order valence-corrected chi connectivity index (χ0v) is 13.5. The summed E-state index contributed by atoms with van der Waals surface area (Å²) in [6, 6.07) is 7.16. The highest BCUT2D eigenvalue weighted by Gasteiger charge is 2.15. The molecule has 2 amide bonds. The Morgan fingerprint density at radius 1 is 1.36 bits per heavy atom. The number of imidazole rings is 1. The van der Waals surface area contributed by atoms with Gasteiger partial charge in [0.1, 0.15) is 6.04 Å². The quantitative estimate of drug-likeness (QED) is 0.678. The van der Waals surface area contributed by atoms with Gasteiger partial charge in [0.25, 0.3) is 0 Å². The number of nitrogens with one attached hydrogen (secondary N) is 3. The van der Waals surface area contributed by atoms with E-state index in [0.717, 1.165) is 17.5 Å². The molecule has 0 bridgehead atoms. The van der Waals surface area contributed by atoms with Gasteiger partial charge in [0.05, 0.1) is 16.8 Å². The van der Waals surface area contributed by atoms with Gasteiger partial charge in [-0.3, -0.25) is 9.59 Å². The summed E-state index contributed by atoms with van der Waals surface area (Å²) in [5, 5.41) is 6.12. The second-order valence-corrected chi connectivity index (χ2v) is 5.89. The normalized spacial score (nSPS) is 12.1. The molecule has 0 aliphatic carbocycles. The van der Waals surface area contributed by atoms with Gasteiger partial charge in [0, 0.05) is 6.54 Å². The van der Waals surface area contributed by atoms with Crippen molar-refractivity contribution >= 4 is 34.6 Å². The van der Waals surface area contributed by atoms with Gasteiger partial charge >= 0.3 is 0 Å². The van der Waals surface area contributed by atoms with E-state index < -0.39 is 6.04 Å². The van der Waals surface area contributed by atoms with Crippen LogP contribution in [0, 0.1) is 0 Å². The molecule has 6 nitrogen and oxygen atoms in total. The number of aromatic amines is 1. The minimum absolute atomic E-state index is 0.163. The number of para-hydroxylation sites is 2. The van der Waals surface area contributed by atoms with Crippen LogP contribution < -0.4 is 10.6 Å². The Morgan fingerprint density at radius 2 is 2.14 bits per heavy atom. The maximum atomic E-state index is 11.9. The molecule has 0 fully saturated rings. The third-order valence-corrected chi connectivity index (χ3v) is 3.90. The summed E-state index contributed by atoms with van der Waals surface area (Å²) in [4.78, 5) is 31.1. The second kappa shape index (κ2) is 7.84. The molecular weight excluding hydrogens is 300 g/mol. The summed E-state index contributed by atoms with van der Waals surface area (Å²) in [6.45, 7) is 4.27. The first-order valence-corrected chi connectivity index (χ1v) is 8.23.